The van der Waals surface area contributed by atoms with Crippen LogP contribution in [0.25, 0.3) is 0 Å². The van der Waals surface area contributed by atoms with Gasteiger partial charge < -0.3 is 4.74 Å². The predicted molar refractivity (Wildman–Crippen MR) is 147 cm³/mol. The normalized spacial score (nSPS) is 11.2. The van der Waals surface area contributed by atoms with E-state index in [-0.39, 0.29) is 16.3 Å². The van der Waals surface area contributed by atoms with Gasteiger partial charge in [-0.1, -0.05) is 48.5 Å². The Morgan fingerprint density at radius 3 is 2.13 bits per heavy atom. The van der Waals surface area contributed by atoms with Crippen molar-refractivity contribution in [1.29, 1.82) is 0 Å². The van der Waals surface area contributed by atoms with Crippen LogP contribution in [0.4, 0.5) is 11.4 Å². The van der Waals surface area contributed by atoms with Gasteiger partial charge in [0.15, 0.2) is 0 Å². The molecule has 0 radical (unpaired) electrons. The van der Waals surface area contributed by atoms with Crippen LogP contribution in [0, 0.1) is 10.1 Å². The van der Waals surface area contributed by atoms with Crippen molar-refractivity contribution in [3.05, 3.63) is 130 Å². The molecular weight excluding hydrogens is 520 g/mol. The van der Waals surface area contributed by atoms with Crippen molar-refractivity contribution >= 4 is 33.5 Å². The molecule has 39 heavy (non-hydrogen) atoms. The summed E-state index contributed by atoms with van der Waals surface area (Å²) in [6.07, 6.45) is 1.42. The standard InChI is InChI=1S/C28H24N4O6S/c33-28(30-29-19-22-11-17-26(18-12-22)38-21-23-7-3-1-4-8-23)20-31(24-13-15-25(16-14-24)32(34)35)39(36,37)27-9-5-2-6-10-27/h1-19H,20-21H2,(H,30,33)/b29-19-. The highest BCUT2D eigenvalue weighted by Crippen LogP contribution is 2.25. The number of anilines is 1. The fraction of sp³-hybridized carbons (Fsp3) is 0.0714. The van der Waals surface area contributed by atoms with Crippen molar-refractivity contribution in [3.8, 4) is 5.75 Å². The lowest BCUT2D eigenvalue weighted by Crippen LogP contribution is -2.39. The van der Waals surface area contributed by atoms with Gasteiger partial charge in [0, 0.05) is 12.1 Å². The fourth-order valence-corrected chi connectivity index (χ4v) is 4.95. The zero-order valence-electron chi connectivity index (χ0n) is 20.6. The summed E-state index contributed by atoms with van der Waals surface area (Å²) in [7, 11) is -4.15. The summed E-state index contributed by atoms with van der Waals surface area (Å²) >= 11 is 0. The van der Waals surface area contributed by atoms with Crippen molar-refractivity contribution < 1.29 is 22.9 Å². The molecule has 0 atom stereocenters. The maximum atomic E-state index is 13.3. The monoisotopic (exact) mass is 544 g/mol. The van der Waals surface area contributed by atoms with Crippen molar-refractivity contribution in [2.45, 2.75) is 11.5 Å². The van der Waals surface area contributed by atoms with E-state index >= 15 is 0 Å². The van der Waals surface area contributed by atoms with Crippen LogP contribution in [-0.4, -0.2) is 32.0 Å². The zero-order valence-corrected chi connectivity index (χ0v) is 21.4. The highest BCUT2D eigenvalue weighted by molar-refractivity contribution is 7.92. The van der Waals surface area contributed by atoms with Gasteiger partial charge in [0.05, 0.1) is 21.7 Å². The van der Waals surface area contributed by atoms with E-state index in [1.807, 2.05) is 30.3 Å². The molecule has 1 amide bonds. The molecule has 4 rings (SSSR count). The van der Waals surface area contributed by atoms with Crippen LogP contribution < -0.4 is 14.5 Å². The van der Waals surface area contributed by atoms with Crippen LogP contribution in [0.15, 0.2) is 119 Å². The summed E-state index contributed by atoms with van der Waals surface area (Å²) < 4.78 is 33.3. The summed E-state index contributed by atoms with van der Waals surface area (Å²) in [6.45, 7) is -0.167. The molecule has 0 spiro atoms. The van der Waals surface area contributed by atoms with Crippen LogP contribution in [-0.2, 0) is 21.4 Å². The third-order valence-corrected chi connectivity index (χ3v) is 7.29. The lowest BCUT2D eigenvalue weighted by atomic mass is 10.2. The summed E-state index contributed by atoms with van der Waals surface area (Å²) in [5, 5.41) is 14.9. The maximum absolute atomic E-state index is 13.3. The molecule has 4 aromatic rings. The lowest BCUT2D eigenvalue weighted by Gasteiger charge is -2.23. The summed E-state index contributed by atoms with van der Waals surface area (Å²) in [5.41, 5.74) is 3.95. The van der Waals surface area contributed by atoms with Gasteiger partial charge in [-0.15, -0.1) is 0 Å². The summed E-state index contributed by atoms with van der Waals surface area (Å²) in [6, 6.07) is 29.3. The van der Waals surface area contributed by atoms with E-state index in [9.17, 15) is 23.3 Å². The van der Waals surface area contributed by atoms with Gasteiger partial charge in [0.1, 0.15) is 18.9 Å². The molecule has 0 heterocycles. The van der Waals surface area contributed by atoms with Crippen molar-refractivity contribution in [2.24, 2.45) is 5.10 Å². The van der Waals surface area contributed by atoms with Crippen LogP contribution in [0.5, 0.6) is 5.75 Å². The number of hydrogen-bond acceptors (Lipinski definition) is 7. The Hall–Kier alpha value is -5.03. The minimum Gasteiger partial charge on any atom is -0.489 e. The van der Waals surface area contributed by atoms with E-state index in [1.54, 1.807) is 42.5 Å². The van der Waals surface area contributed by atoms with Crippen LogP contribution in [0.2, 0.25) is 0 Å². The minimum atomic E-state index is -4.15. The molecular formula is C28H24N4O6S. The molecule has 0 saturated heterocycles. The SMILES string of the molecule is O=C(CN(c1ccc([N+](=O)[O-])cc1)S(=O)(=O)c1ccccc1)N/N=C\c1ccc(OCc2ccccc2)cc1. The number of benzene rings is 4. The van der Waals surface area contributed by atoms with Crippen molar-refractivity contribution in [2.75, 3.05) is 10.8 Å². The number of nitrogens with one attached hydrogen (secondary N) is 1. The molecule has 0 aliphatic heterocycles. The first-order valence-electron chi connectivity index (χ1n) is 11.7. The molecule has 11 heteroatoms. The predicted octanol–water partition coefficient (Wildman–Crippen LogP) is 4.52. The largest absolute Gasteiger partial charge is 0.489 e. The summed E-state index contributed by atoms with van der Waals surface area (Å²) in [5.74, 6) is -0.0307. The third kappa shape index (κ3) is 7.27. The summed E-state index contributed by atoms with van der Waals surface area (Å²) in [4.78, 5) is 23.1. The Morgan fingerprint density at radius 2 is 1.51 bits per heavy atom. The van der Waals surface area contributed by atoms with E-state index < -0.39 is 27.4 Å². The van der Waals surface area contributed by atoms with E-state index in [2.05, 4.69) is 10.5 Å². The molecule has 0 aromatic heterocycles. The number of nitro groups is 1. The molecule has 0 aliphatic carbocycles. The Morgan fingerprint density at radius 1 is 0.897 bits per heavy atom. The average Bonchev–Trinajstić information content (AvgIpc) is 2.96. The topological polar surface area (TPSA) is 131 Å². The molecule has 0 fully saturated rings. The number of nitro benzene ring substituents is 1. The molecule has 0 aliphatic rings. The number of carbonyl (C=O) groups is 1. The molecule has 4 aromatic carbocycles. The van der Waals surface area contributed by atoms with Crippen molar-refractivity contribution in [1.82, 2.24) is 5.43 Å². The highest BCUT2D eigenvalue weighted by Gasteiger charge is 2.27. The van der Waals surface area contributed by atoms with Gasteiger partial charge in [-0.25, -0.2) is 13.8 Å². The second-order valence-electron chi connectivity index (χ2n) is 8.23. The molecule has 10 nitrogen and oxygen atoms in total. The first-order chi connectivity index (χ1) is 18.8. The van der Waals surface area contributed by atoms with Gasteiger partial charge in [-0.3, -0.25) is 19.2 Å². The Kier molecular flexibility index (Phi) is 8.64. The second kappa shape index (κ2) is 12.5. The first-order valence-corrected chi connectivity index (χ1v) is 13.2. The van der Waals surface area contributed by atoms with Crippen LogP contribution in [0.1, 0.15) is 11.1 Å². The Balaban J connectivity index is 1.42. The average molecular weight is 545 g/mol. The van der Waals surface area contributed by atoms with Crippen LogP contribution in [0.3, 0.4) is 0 Å². The number of sulfonamides is 1. The van der Waals surface area contributed by atoms with Gasteiger partial charge in [0.2, 0.25) is 0 Å². The number of rotatable bonds is 11. The zero-order chi connectivity index (χ0) is 27.7. The number of non-ortho nitro benzene ring substituents is 1. The second-order valence-corrected chi connectivity index (χ2v) is 10.1. The first kappa shape index (κ1) is 27.0. The molecule has 198 valence electrons. The Labute approximate surface area is 225 Å². The molecule has 1 N–H and O–H groups in total. The number of amides is 1. The van der Waals surface area contributed by atoms with Crippen LogP contribution >= 0.6 is 0 Å². The number of hydrogen-bond donors (Lipinski definition) is 1. The minimum absolute atomic E-state index is 0.0331. The maximum Gasteiger partial charge on any atom is 0.269 e. The molecule has 0 bridgehead atoms. The number of ether oxygens (including phenoxy) is 1. The number of hydrazone groups is 1. The van der Waals surface area contributed by atoms with E-state index in [0.29, 0.717) is 17.9 Å². The number of nitrogens with zero attached hydrogens (tertiary/aromatic N) is 3. The number of carbonyl (C=O) groups excluding carboxylic acids is 1. The van der Waals surface area contributed by atoms with E-state index in [0.717, 1.165) is 9.87 Å². The van der Waals surface area contributed by atoms with E-state index in [1.165, 1.54) is 42.6 Å². The Bertz CT molecular complexity index is 1540. The van der Waals surface area contributed by atoms with Gasteiger partial charge in [-0.2, -0.15) is 5.10 Å². The third-order valence-electron chi connectivity index (χ3n) is 5.50. The lowest BCUT2D eigenvalue weighted by molar-refractivity contribution is -0.384. The quantitative estimate of drug-likeness (QED) is 0.168. The van der Waals surface area contributed by atoms with Gasteiger partial charge >= 0.3 is 0 Å². The van der Waals surface area contributed by atoms with E-state index in [4.69, 9.17) is 4.74 Å². The fourth-order valence-electron chi connectivity index (χ4n) is 3.51. The highest BCUT2D eigenvalue weighted by atomic mass is 32.2. The smallest absolute Gasteiger partial charge is 0.269 e. The van der Waals surface area contributed by atoms with Gasteiger partial charge in [0.25, 0.3) is 21.6 Å². The van der Waals surface area contributed by atoms with Gasteiger partial charge in [-0.05, 0) is 59.7 Å². The molecule has 0 saturated carbocycles. The molecule has 0 unspecified atom stereocenters. The van der Waals surface area contributed by atoms with Crippen molar-refractivity contribution in [3.63, 3.8) is 0 Å².